The van der Waals surface area contributed by atoms with E-state index in [0.717, 1.165) is 25.2 Å². The first-order valence-electron chi connectivity index (χ1n) is 8.79. The Morgan fingerprint density at radius 1 is 0.880 bits per heavy atom. The Balaban J connectivity index is 0.000000254. The molecule has 4 heteroatoms. The molecule has 1 aliphatic rings. The number of hydrogen-bond donors (Lipinski definition) is 1. The van der Waals surface area contributed by atoms with E-state index in [1.165, 1.54) is 17.0 Å². The number of fused-ring (bicyclic) bond motifs is 1. The fraction of sp³-hybridized carbons (Fsp3) is 0.524. The molecule has 3 nitrogen and oxygen atoms in total. The third kappa shape index (κ3) is 6.64. The Bertz CT molecular complexity index is 655. The van der Waals surface area contributed by atoms with Gasteiger partial charge in [-0.25, -0.2) is 0 Å². The Morgan fingerprint density at radius 3 is 2.08 bits per heavy atom. The molecule has 0 atom stereocenters. The van der Waals surface area contributed by atoms with Crippen molar-refractivity contribution in [2.24, 2.45) is 0 Å². The summed E-state index contributed by atoms with van der Waals surface area (Å²) in [7, 11) is 0. The summed E-state index contributed by atoms with van der Waals surface area (Å²) in [4.78, 5) is 8.99. The van der Waals surface area contributed by atoms with Gasteiger partial charge in [-0.3, -0.25) is 9.97 Å². The Morgan fingerprint density at radius 2 is 1.56 bits per heavy atom. The fourth-order valence-corrected chi connectivity index (χ4v) is 2.56. The fourth-order valence-electron chi connectivity index (χ4n) is 2.56. The van der Waals surface area contributed by atoms with Crippen LogP contribution in [0, 0.1) is 0 Å². The van der Waals surface area contributed by atoms with Gasteiger partial charge >= 0.3 is 0 Å². The third-order valence-electron chi connectivity index (χ3n) is 4.12. The molecular formula is C21H31N3W. The normalized spacial score (nSPS) is 13.8. The first kappa shape index (κ1) is 22.0. The summed E-state index contributed by atoms with van der Waals surface area (Å²) in [6, 6.07) is 10.4. The van der Waals surface area contributed by atoms with Gasteiger partial charge in [0.25, 0.3) is 0 Å². The van der Waals surface area contributed by atoms with Crippen LogP contribution < -0.4 is 5.32 Å². The van der Waals surface area contributed by atoms with Crippen molar-refractivity contribution >= 4 is 0 Å². The monoisotopic (exact) mass is 509 g/mol. The van der Waals surface area contributed by atoms with Crippen LogP contribution in [0.2, 0.25) is 0 Å². The van der Waals surface area contributed by atoms with Gasteiger partial charge in [-0.05, 0) is 23.8 Å². The summed E-state index contributed by atoms with van der Waals surface area (Å²) in [6.07, 6.45) is 2.90. The standard InChI is InChI=1S/C12H18N2.C9H13N.W/c1-12(2,3)11-5-4-9-8-13-7-6-10(9)14-11;1-9(2,3)8-6-4-5-7-10-8;/h4-5,13H,6-8H2,1-3H3;4-7H,1-3H3;. The molecule has 3 rings (SSSR count). The molecule has 0 aliphatic carbocycles. The molecule has 2 aromatic rings. The summed E-state index contributed by atoms with van der Waals surface area (Å²) in [6.45, 7) is 15.2. The maximum atomic E-state index is 4.74. The van der Waals surface area contributed by atoms with E-state index in [0.29, 0.717) is 0 Å². The number of aromatic nitrogens is 2. The van der Waals surface area contributed by atoms with Gasteiger partial charge in [0.05, 0.1) is 0 Å². The van der Waals surface area contributed by atoms with Crippen molar-refractivity contribution in [1.82, 2.24) is 15.3 Å². The quantitative estimate of drug-likeness (QED) is 0.573. The second-order valence-corrected chi connectivity index (χ2v) is 8.44. The van der Waals surface area contributed by atoms with Crippen LogP contribution in [-0.4, -0.2) is 16.5 Å². The number of pyridine rings is 2. The molecule has 0 fully saturated rings. The van der Waals surface area contributed by atoms with Gasteiger partial charge in [0.2, 0.25) is 0 Å². The molecule has 136 valence electrons. The minimum atomic E-state index is 0. The van der Waals surface area contributed by atoms with Crippen LogP contribution in [0.5, 0.6) is 0 Å². The molecule has 1 N–H and O–H groups in total. The van der Waals surface area contributed by atoms with E-state index in [2.05, 4.69) is 70.0 Å². The molecule has 0 saturated heterocycles. The van der Waals surface area contributed by atoms with E-state index >= 15 is 0 Å². The van der Waals surface area contributed by atoms with E-state index in [9.17, 15) is 0 Å². The molecule has 0 saturated carbocycles. The van der Waals surface area contributed by atoms with Crippen molar-refractivity contribution in [3.63, 3.8) is 0 Å². The summed E-state index contributed by atoms with van der Waals surface area (Å²) in [5.74, 6) is 0. The number of hydrogen-bond acceptors (Lipinski definition) is 3. The van der Waals surface area contributed by atoms with Crippen LogP contribution in [0.25, 0.3) is 0 Å². The number of nitrogens with one attached hydrogen (secondary N) is 1. The molecule has 2 aromatic heterocycles. The minimum Gasteiger partial charge on any atom is -0.312 e. The van der Waals surface area contributed by atoms with Crippen LogP contribution in [-0.2, 0) is 44.9 Å². The van der Waals surface area contributed by atoms with Crippen LogP contribution in [0.1, 0.15) is 64.2 Å². The van der Waals surface area contributed by atoms with Crippen molar-refractivity contribution in [3.8, 4) is 0 Å². The second-order valence-electron chi connectivity index (χ2n) is 8.44. The molecule has 0 aromatic carbocycles. The molecule has 3 heterocycles. The van der Waals surface area contributed by atoms with Crippen LogP contribution in [0.3, 0.4) is 0 Å². The maximum Gasteiger partial charge on any atom is 0.0464 e. The van der Waals surface area contributed by atoms with Gasteiger partial charge in [0.15, 0.2) is 0 Å². The molecule has 1 aliphatic heterocycles. The Labute approximate surface area is 167 Å². The predicted octanol–water partition coefficient (Wildman–Crippen LogP) is 4.40. The maximum absolute atomic E-state index is 4.74. The molecule has 0 bridgehead atoms. The molecule has 0 spiro atoms. The largest absolute Gasteiger partial charge is 0.312 e. The van der Waals surface area contributed by atoms with E-state index in [1.54, 1.807) is 0 Å². The topological polar surface area (TPSA) is 37.8 Å². The molecule has 25 heavy (non-hydrogen) atoms. The van der Waals surface area contributed by atoms with Crippen molar-refractivity contribution in [2.45, 2.75) is 65.3 Å². The summed E-state index contributed by atoms with van der Waals surface area (Å²) >= 11 is 0. The zero-order valence-corrected chi connectivity index (χ0v) is 19.3. The van der Waals surface area contributed by atoms with Gasteiger partial charge in [0, 0.05) is 74.7 Å². The zero-order valence-electron chi connectivity index (χ0n) is 16.4. The van der Waals surface area contributed by atoms with E-state index in [1.807, 2.05) is 18.3 Å². The molecule has 0 unspecified atom stereocenters. The average molecular weight is 509 g/mol. The summed E-state index contributed by atoms with van der Waals surface area (Å²) < 4.78 is 0. The van der Waals surface area contributed by atoms with Gasteiger partial charge in [0.1, 0.15) is 0 Å². The smallest absolute Gasteiger partial charge is 0.0464 e. The molecule has 0 radical (unpaired) electrons. The van der Waals surface area contributed by atoms with Crippen LogP contribution in [0.4, 0.5) is 0 Å². The van der Waals surface area contributed by atoms with Crippen molar-refractivity contribution in [3.05, 3.63) is 59.2 Å². The first-order valence-corrected chi connectivity index (χ1v) is 8.79. The minimum absolute atomic E-state index is 0. The van der Waals surface area contributed by atoms with Crippen molar-refractivity contribution in [2.75, 3.05) is 6.54 Å². The second kappa shape index (κ2) is 9.05. The third-order valence-corrected chi connectivity index (χ3v) is 4.12. The van der Waals surface area contributed by atoms with Crippen molar-refractivity contribution in [1.29, 1.82) is 0 Å². The van der Waals surface area contributed by atoms with Crippen LogP contribution >= 0.6 is 0 Å². The first-order chi connectivity index (χ1) is 11.2. The van der Waals surface area contributed by atoms with Gasteiger partial charge in [-0.15, -0.1) is 0 Å². The van der Waals surface area contributed by atoms with E-state index < -0.39 is 0 Å². The van der Waals surface area contributed by atoms with Gasteiger partial charge in [-0.1, -0.05) is 53.7 Å². The molecular weight excluding hydrogens is 478 g/mol. The van der Waals surface area contributed by atoms with Gasteiger partial charge in [-0.2, -0.15) is 0 Å². The summed E-state index contributed by atoms with van der Waals surface area (Å²) in [5.41, 5.74) is 5.36. The Hall–Kier alpha value is -1.05. The number of rotatable bonds is 0. The van der Waals surface area contributed by atoms with Gasteiger partial charge < -0.3 is 5.32 Å². The number of nitrogens with zero attached hydrogens (tertiary/aromatic N) is 2. The Kier molecular flexibility index (Phi) is 7.96. The predicted molar refractivity (Wildman–Crippen MR) is 101 cm³/mol. The van der Waals surface area contributed by atoms with E-state index in [4.69, 9.17) is 4.98 Å². The van der Waals surface area contributed by atoms with E-state index in [-0.39, 0.29) is 31.9 Å². The molecule has 0 amide bonds. The average Bonchev–Trinajstić information content (AvgIpc) is 2.54. The van der Waals surface area contributed by atoms with Crippen LogP contribution in [0.15, 0.2) is 36.5 Å². The zero-order chi connectivity index (χ0) is 17.8. The van der Waals surface area contributed by atoms with Crippen molar-refractivity contribution < 1.29 is 21.1 Å². The SMILES string of the molecule is CC(C)(C)c1ccc2c(n1)CCNC2.CC(C)(C)c1ccccn1.[W]. The summed E-state index contributed by atoms with van der Waals surface area (Å²) in [5, 5.41) is 3.36.